The number of Topliss-reactive ketones (excluding diaryl/α,β-unsaturated/α-hetero) is 1. The summed E-state index contributed by atoms with van der Waals surface area (Å²) in [7, 11) is 2.35. The maximum absolute atomic E-state index is 13.3. The molecule has 0 unspecified atom stereocenters. The minimum atomic E-state index is -1.96. The largest absolute Gasteiger partial charge is 0.467 e. The molecule has 0 aliphatic heterocycles. The highest BCUT2D eigenvalue weighted by Gasteiger charge is 2.47. The van der Waals surface area contributed by atoms with Gasteiger partial charge in [0.05, 0.1) is 14.2 Å². The number of rotatable bonds is 7. The molecule has 0 heterocycles. The first-order valence-corrected chi connectivity index (χ1v) is 12.0. The molecule has 0 aliphatic rings. The summed E-state index contributed by atoms with van der Waals surface area (Å²) in [6.07, 6.45) is 1.50. The number of esters is 2. The van der Waals surface area contributed by atoms with Crippen LogP contribution >= 0.6 is 0 Å². The second kappa shape index (κ2) is 13.4. The van der Waals surface area contributed by atoms with E-state index in [0.29, 0.717) is 11.1 Å². The van der Waals surface area contributed by atoms with Crippen LogP contribution in [0.15, 0.2) is 90.5 Å². The highest BCUT2D eigenvalue weighted by molar-refractivity contribution is 6.11. The second-order valence-corrected chi connectivity index (χ2v) is 8.49. The third kappa shape index (κ3) is 7.09. The van der Waals surface area contributed by atoms with Crippen molar-refractivity contribution in [2.45, 2.75) is 19.8 Å². The van der Waals surface area contributed by atoms with Crippen molar-refractivity contribution in [3.05, 3.63) is 113 Å². The molecule has 5 nitrogen and oxygen atoms in total. The predicted octanol–water partition coefficient (Wildman–Crippen LogP) is 5.43. The van der Waals surface area contributed by atoms with Crippen LogP contribution in [0, 0.1) is 36.0 Å². The van der Waals surface area contributed by atoms with Crippen molar-refractivity contribution in [1.29, 1.82) is 0 Å². The number of ether oxygens (including phenoxy) is 2. The van der Waals surface area contributed by atoms with Crippen molar-refractivity contribution >= 4 is 23.8 Å². The molecule has 3 aromatic carbocycles. The molecule has 0 N–H and O–H groups in total. The Morgan fingerprint density at radius 1 is 0.789 bits per heavy atom. The predicted molar refractivity (Wildman–Crippen MR) is 147 cm³/mol. The summed E-state index contributed by atoms with van der Waals surface area (Å²) < 4.78 is 9.87. The number of methoxy groups -OCH3 is 2. The third-order valence-corrected chi connectivity index (χ3v) is 5.75. The molecule has 5 heteroatoms. The fraction of sp³-hybridized carbons (Fsp3) is 0.182. The molecular formula is C33H28O5. The average molecular weight is 505 g/mol. The number of allylic oxidation sites excluding steroid dienone is 1. The Morgan fingerprint density at radius 2 is 1.37 bits per heavy atom. The number of hydrogen-bond acceptors (Lipinski definition) is 5. The first-order chi connectivity index (χ1) is 18.4. The van der Waals surface area contributed by atoms with Gasteiger partial charge in [0.2, 0.25) is 5.41 Å². The lowest BCUT2D eigenvalue weighted by molar-refractivity contribution is -0.163. The molecule has 0 spiro atoms. The number of ketones is 1. The van der Waals surface area contributed by atoms with E-state index in [1.54, 1.807) is 30.3 Å². The van der Waals surface area contributed by atoms with E-state index in [2.05, 4.69) is 23.7 Å². The maximum Gasteiger partial charge on any atom is 0.336 e. The Kier molecular flexibility index (Phi) is 9.80. The van der Waals surface area contributed by atoms with Crippen molar-refractivity contribution in [2.24, 2.45) is 5.41 Å². The van der Waals surface area contributed by atoms with E-state index < -0.39 is 17.4 Å². The van der Waals surface area contributed by atoms with Crippen LogP contribution in [0.2, 0.25) is 0 Å². The molecule has 3 rings (SSSR count). The lowest BCUT2D eigenvalue weighted by atomic mass is 9.84. The zero-order valence-electron chi connectivity index (χ0n) is 21.6. The van der Waals surface area contributed by atoms with Gasteiger partial charge < -0.3 is 9.47 Å². The lowest BCUT2D eigenvalue weighted by Crippen LogP contribution is -2.40. The molecule has 0 saturated heterocycles. The minimum absolute atomic E-state index is 0.0102. The van der Waals surface area contributed by atoms with Gasteiger partial charge in [-0.25, -0.2) is 9.59 Å². The number of hydrogen-bond donors (Lipinski definition) is 0. The van der Waals surface area contributed by atoms with Gasteiger partial charge in [-0.15, -0.1) is 0 Å². The summed E-state index contributed by atoms with van der Waals surface area (Å²) in [5.41, 5.74) is 1.59. The highest BCUT2D eigenvalue weighted by atomic mass is 16.5. The maximum atomic E-state index is 13.3. The zero-order valence-corrected chi connectivity index (χ0v) is 21.6. The number of carbonyl (C=O) groups is 3. The van der Waals surface area contributed by atoms with Crippen LogP contribution < -0.4 is 0 Å². The summed E-state index contributed by atoms with van der Waals surface area (Å²) >= 11 is 0. The van der Waals surface area contributed by atoms with Gasteiger partial charge in [-0.2, -0.15) is 0 Å². The van der Waals surface area contributed by atoms with Crippen molar-refractivity contribution in [2.75, 3.05) is 14.2 Å². The van der Waals surface area contributed by atoms with Gasteiger partial charge in [0.25, 0.3) is 0 Å². The third-order valence-electron chi connectivity index (χ3n) is 5.75. The SMILES string of the molecule is COC(=O)C(C#CC/C(=C/c1ccccc1)C(=O)c1ccccc1)(CC#Cc1ccc(C)cc1)C(=O)OC. The first-order valence-electron chi connectivity index (χ1n) is 12.0. The smallest absolute Gasteiger partial charge is 0.336 e. The van der Waals surface area contributed by atoms with Gasteiger partial charge in [-0.3, -0.25) is 4.79 Å². The minimum Gasteiger partial charge on any atom is -0.467 e. The number of aryl methyl sites for hydroxylation is 1. The Balaban J connectivity index is 2.00. The molecule has 0 atom stereocenters. The fourth-order valence-corrected chi connectivity index (χ4v) is 3.65. The fourth-order valence-electron chi connectivity index (χ4n) is 3.65. The van der Waals surface area contributed by atoms with E-state index in [1.807, 2.05) is 67.6 Å². The molecule has 0 amide bonds. The standard InChI is InChI=1S/C33H28O5/c1-25-18-20-26(21-19-25)14-10-22-33(31(35)37-2,32(36)38-3)23-11-17-29(24-27-12-6-4-7-13-27)30(34)28-15-8-5-9-16-28/h4-9,12-13,15-16,18-21,24H,17,22H2,1-3H3/b29-24-. The molecule has 38 heavy (non-hydrogen) atoms. The molecule has 190 valence electrons. The van der Waals surface area contributed by atoms with Crippen molar-refractivity contribution in [3.63, 3.8) is 0 Å². The highest BCUT2D eigenvalue weighted by Crippen LogP contribution is 2.26. The van der Waals surface area contributed by atoms with Crippen LogP contribution in [-0.2, 0) is 19.1 Å². The van der Waals surface area contributed by atoms with Crippen molar-refractivity contribution in [3.8, 4) is 23.7 Å². The molecule has 3 aromatic rings. The number of carbonyl (C=O) groups excluding carboxylic acids is 3. The molecular weight excluding hydrogens is 476 g/mol. The van der Waals surface area contributed by atoms with E-state index in [0.717, 1.165) is 16.7 Å². The monoisotopic (exact) mass is 504 g/mol. The quantitative estimate of drug-likeness (QED) is 0.141. The van der Waals surface area contributed by atoms with E-state index in [1.165, 1.54) is 14.2 Å². The van der Waals surface area contributed by atoms with Crippen LogP contribution in [-0.4, -0.2) is 31.9 Å². The van der Waals surface area contributed by atoms with Crippen LogP contribution in [0.3, 0.4) is 0 Å². The molecule has 0 radical (unpaired) electrons. The molecule has 0 saturated carbocycles. The normalized spacial score (nSPS) is 10.8. The van der Waals surface area contributed by atoms with Crippen LogP contribution in [0.5, 0.6) is 0 Å². The Bertz CT molecular complexity index is 1410. The summed E-state index contributed by atoms with van der Waals surface area (Å²) in [5.74, 6) is 9.52. The van der Waals surface area contributed by atoms with Gasteiger partial charge in [-0.05, 0) is 30.7 Å². The summed E-state index contributed by atoms with van der Waals surface area (Å²) in [6, 6.07) is 25.8. The van der Waals surface area contributed by atoms with E-state index >= 15 is 0 Å². The number of benzene rings is 3. The molecule has 0 aromatic heterocycles. The summed E-state index contributed by atoms with van der Waals surface area (Å²) in [6.45, 7) is 1.97. The Hall–Kier alpha value is -4.87. The Morgan fingerprint density at radius 3 is 1.95 bits per heavy atom. The van der Waals surface area contributed by atoms with Crippen LogP contribution in [0.25, 0.3) is 6.08 Å². The van der Waals surface area contributed by atoms with E-state index in [9.17, 15) is 14.4 Å². The van der Waals surface area contributed by atoms with Gasteiger partial charge >= 0.3 is 11.9 Å². The first kappa shape index (κ1) is 27.7. The van der Waals surface area contributed by atoms with E-state index in [4.69, 9.17) is 9.47 Å². The van der Waals surface area contributed by atoms with Gasteiger partial charge in [0, 0.05) is 29.5 Å². The Labute approximate surface area is 223 Å². The average Bonchev–Trinajstić information content (AvgIpc) is 2.96. The lowest BCUT2D eigenvalue weighted by Gasteiger charge is -2.20. The molecule has 0 fully saturated rings. The van der Waals surface area contributed by atoms with E-state index in [-0.39, 0.29) is 18.6 Å². The van der Waals surface area contributed by atoms with Gasteiger partial charge in [-0.1, -0.05) is 102 Å². The van der Waals surface area contributed by atoms with Gasteiger partial charge in [0.15, 0.2) is 5.78 Å². The second-order valence-electron chi connectivity index (χ2n) is 8.49. The molecule has 0 aliphatic carbocycles. The van der Waals surface area contributed by atoms with Crippen molar-refractivity contribution < 1.29 is 23.9 Å². The van der Waals surface area contributed by atoms with Crippen molar-refractivity contribution in [1.82, 2.24) is 0 Å². The zero-order chi connectivity index (χ0) is 27.4. The topological polar surface area (TPSA) is 69.7 Å². The summed E-state index contributed by atoms with van der Waals surface area (Å²) in [5, 5.41) is 0. The van der Waals surface area contributed by atoms with Crippen LogP contribution in [0.1, 0.15) is 39.9 Å². The van der Waals surface area contributed by atoms with Gasteiger partial charge in [0.1, 0.15) is 0 Å². The van der Waals surface area contributed by atoms with Crippen LogP contribution in [0.4, 0.5) is 0 Å². The molecule has 0 bridgehead atoms. The summed E-state index contributed by atoms with van der Waals surface area (Å²) in [4.78, 5) is 39.0.